The average molecular weight is 211 g/mol. The Morgan fingerprint density at radius 1 is 1.27 bits per heavy atom. The number of rotatable bonds is 2. The van der Waals surface area contributed by atoms with Crippen molar-refractivity contribution in [1.82, 2.24) is 4.73 Å². The van der Waals surface area contributed by atoms with Crippen LogP contribution >= 0.6 is 0 Å². The molecule has 5 nitrogen and oxygen atoms in total. The smallest absolute Gasteiger partial charge is 0.336 e. The number of aromatic hydroxyl groups is 2. The van der Waals surface area contributed by atoms with Crippen molar-refractivity contribution in [2.75, 3.05) is 0 Å². The zero-order valence-electron chi connectivity index (χ0n) is 8.22. The van der Waals surface area contributed by atoms with Gasteiger partial charge in [-0.3, -0.25) is 0 Å². The molecule has 82 valence electrons. The Labute approximate surface area is 86.9 Å². The van der Waals surface area contributed by atoms with E-state index in [4.69, 9.17) is 4.84 Å². The van der Waals surface area contributed by atoms with Crippen LogP contribution in [0, 0.1) is 5.92 Å². The molecule has 0 aromatic carbocycles. The number of carbonyl (C=O) groups excluding carboxylic acids is 1. The molecule has 0 unspecified atom stereocenters. The Morgan fingerprint density at radius 3 is 2.33 bits per heavy atom. The molecule has 0 atom stereocenters. The van der Waals surface area contributed by atoms with Crippen molar-refractivity contribution in [3.63, 3.8) is 0 Å². The van der Waals surface area contributed by atoms with Crippen LogP contribution in [0.3, 0.4) is 0 Å². The first kappa shape index (κ1) is 9.89. The molecule has 1 aromatic rings. The van der Waals surface area contributed by atoms with Gasteiger partial charge < -0.3 is 15.1 Å². The summed E-state index contributed by atoms with van der Waals surface area (Å²) in [6.07, 6.45) is 3.70. The first-order valence-electron chi connectivity index (χ1n) is 5.00. The average Bonchev–Trinajstić information content (AvgIpc) is 2.82. The third-order valence-corrected chi connectivity index (χ3v) is 2.67. The summed E-state index contributed by atoms with van der Waals surface area (Å²) in [6, 6.07) is 2.52. The topological polar surface area (TPSA) is 71.7 Å². The summed E-state index contributed by atoms with van der Waals surface area (Å²) in [4.78, 5) is 16.4. The molecule has 1 heterocycles. The van der Waals surface area contributed by atoms with Crippen molar-refractivity contribution in [2.24, 2.45) is 5.92 Å². The van der Waals surface area contributed by atoms with Gasteiger partial charge in [-0.05, 0) is 12.8 Å². The molecule has 1 fully saturated rings. The standard InChI is InChI=1S/C10H13NO4/c12-8-5-6-9(13)11(8)15-10(14)7-3-1-2-4-7/h5-7,12-13H,1-4H2. The lowest BCUT2D eigenvalue weighted by Crippen LogP contribution is -2.25. The minimum atomic E-state index is -0.394. The molecule has 15 heavy (non-hydrogen) atoms. The Bertz CT molecular complexity index is 346. The molecule has 2 N–H and O–H groups in total. The SMILES string of the molecule is O=C(On1c(O)ccc1O)C1CCCC1. The van der Waals surface area contributed by atoms with Crippen molar-refractivity contribution >= 4 is 5.97 Å². The Hall–Kier alpha value is -1.65. The van der Waals surface area contributed by atoms with Crippen LogP contribution in [0.4, 0.5) is 0 Å². The van der Waals surface area contributed by atoms with Gasteiger partial charge in [0.15, 0.2) is 0 Å². The summed E-state index contributed by atoms with van der Waals surface area (Å²) in [5.74, 6) is -1.06. The van der Waals surface area contributed by atoms with Gasteiger partial charge >= 0.3 is 5.97 Å². The minimum absolute atomic E-state index is 0.105. The van der Waals surface area contributed by atoms with Gasteiger partial charge in [-0.1, -0.05) is 12.8 Å². The van der Waals surface area contributed by atoms with Gasteiger partial charge in [0.05, 0.1) is 5.92 Å². The number of hydrogen-bond acceptors (Lipinski definition) is 4. The van der Waals surface area contributed by atoms with Crippen LogP contribution in [0.25, 0.3) is 0 Å². The molecule has 5 heteroatoms. The first-order chi connectivity index (χ1) is 7.18. The van der Waals surface area contributed by atoms with E-state index < -0.39 is 5.97 Å². The summed E-state index contributed by atoms with van der Waals surface area (Å²) >= 11 is 0. The molecule has 0 radical (unpaired) electrons. The lowest BCUT2D eigenvalue weighted by Gasteiger charge is -2.10. The predicted octanol–water partition coefficient (Wildman–Crippen LogP) is 1.04. The normalized spacial score (nSPS) is 16.8. The summed E-state index contributed by atoms with van der Waals surface area (Å²) in [7, 11) is 0. The largest absolute Gasteiger partial charge is 0.492 e. The first-order valence-corrected chi connectivity index (χ1v) is 5.00. The van der Waals surface area contributed by atoms with E-state index in [2.05, 4.69) is 0 Å². The van der Waals surface area contributed by atoms with Gasteiger partial charge in [0.25, 0.3) is 0 Å². The molecule has 2 rings (SSSR count). The van der Waals surface area contributed by atoms with Crippen molar-refractivity contribution in [3.8, 4) is 11.8 Å². The predicted molar refractivity (Wildman–Crippen MR) is 51.3 cm³/mol. The second kappa shape index (κ2) is 3.84. The molecule has 1 saturated carbocycles. The van der Waals surface area contributed by atoms with Crippen LogP contribution in [0.5, 0.6) is 11.8 Å². The Morgan fingerprint density at radius 2 is 1.80 bits per heavy atom. The quantitative estimate of drug-likeness (QED) is 0.766. The van der Waals surface area contributed by atoms with Crippen molar-refractivity contribution in [1.29, 1.82) is 0 Å². The summed E-state index contributed by atoms with van der Waals surface area (Å²) < 4.78 is 0.737. The third-order valence-electron chi connectivity index (χ3n) is 2.67. The number of carbonyl (C=O) groups is 1. The Kier molecular flexibility index (Phi) is 2.53. The molecule has 0 saturated heterocycles. The molecule has 0 spiro atoms. The number of aromatic nitrogens is 1. The van der Waals surface area contributed by atoms with Crippen LogP contribution in [0.1, 0.15) is 25.7 Å². The van der Waals surface area contributed by atoms with E-state index >= 15 is 0 Å². The van der Waals surface area contributed by atoms with Crippen LogP contribution in [0.2, 0.25) is 0 Å². The van der Waals surface area contributed by atoms with Crippen LogP contribution < -0.4 is 4.84 Å². The van der Waals surface area contributed by atoms with E-state index in [1.807, 2.05) is 0 Å². The second-order valence-electron chi connectivity index (χ2n) is 3.74. The number of nitrogens with zero attached hydrogens (tertiary/aromatic N) is 1. The maximum absolute atomic E-state index is 11.6. The molecular formula is C10H13NO4. The molecule has 0 amide bonds. The maximum atomic E-state index is 11.6. The fraction of sp³-hybridized carbons (Fsp3) is 0.500. The highest BCUT2D eigenvalue weighted by molar-refractivity contribution is 5.73. The van der Waals surface area contributed by atoms with Gasteiger partial charge in [0, 0.05) is 12.1 Å². The lowest BCUT2D eigenvalue weighted by atomic mass is 10.1. The summed E-state index contributed by atoms with van der Waals surface area (Å²) in [5.41, 5.74) is 0. The second-order valence-corrected chi connectivity index (χ2v) is 3.74. The van der Waals surface area contributed by atoms with Crippen molar-refractivity contribution in [2.45, 2.75) is 25.7 Å². The molecule has 0 aliphatic heterocycles. The van der Waals surface area contributed by atoms with E-state index in [1.54, 1.807) is 0 Å². The van der Waals surface area contributed by atoms with Gasteiger partial charge in [-0.25, -0.2) is 4.79 Å². The van der Waals surface area contributed by atoms with Gasteiger partial charge in [0.2, 0.25) is 11.8 Å². The summed E-state index contributed by atoms with van der Waals surface area (Å²) in [6.45, 7) is 0. The molecule has 1 aromatic heterocycles. The van der Waals surface area contributed by atoms with E-state index in [0.717, 1.165) is 30.4 Å². The lowest BCUT2D eigenvalue weighted by molar-refractivity contribution is -0.150. The van der Waals surface area contributed by atoms with Gasteiger partial charge in [0.1, 0.15) is 0 Å². The van der Waals surface area contributed by atoms with E-state index in [0.29, 0.717) is 0 Å². The van der Waals surface area contributed by atoms with Crippen molar-refractivity contribution < 1.29 is 19.8 Å². The van der Waals surface area contributed by atoms with Gasteiger partial charge in [-0.15, -0.1) is 4.73 Å². The summed E-state index contributed by atoms with van der Waals surface area (Å²) in [5, 5.41) is 18.5. The van der Waals surface area contributed by atoms with Gasteiger partial charge in [-0.2, -0.15) is 0 Å². The zero-order chi connectivity index (χ0) is 10.8. The molecule has 1 aliphatic rings. The monoisotopic (exact) mass is 211 g/mol. The van der Waals surface area contributed by atoms with E-state index in [-0.39, 0.29) is 17.7 Å². The van der Waals surface area contributed by atoms with Crippen molar-refractivity contribution in [3.05, 3.63) is 12.1 Å². The molecule has 1 aliphatic carbocycles. The fourth-order valence-electron chi connectivity index (χ4n) is 1.82. The minimum Gasteiger partial charge on any atom is -0.492 e. The highest BCUT2D eigenvalue weighted by Crippen LogP contribution is 2.26. The highest BCUT2D eigenvalue weighted by atomic mass is 16.7. The Balaban J connectivity index is 2.05. The van der Waals surface area contributed by atoms with E-state index in [1.165, 1.54) is 12.1 Å². The third kappa shape index (κ3) is 1.91. The molecular weight excluding hydrogens is 198 g/mol. The molecule has 0 bridgehead atoms. The van der Waals surface area contributed by atoms with E-state index in [9.17, 15) is 15.0 Å². The highest BCUT2D eigenvalue weighted by Gasteiger charge is 2.26. The van der Waals surface area contributed by atoms with Crippen LogP contribution in [-0.4, -0.2) is 20.9 Å². The zero-order valence-corrected chi connectivity index (χ0v) is 8.22. The van der Waals surface area contributed by atoms with Crippen LogP contribution in [-0.2, 0) is 4.79 Å². The fourth-order valence-corrected chi connectivity index (χ4v) is 1.82. The number of hydrogen-bond donors (Lipinski definition) is 2. The maximum Gasteiger partial charge on any atom is 0.336 e. The van der Waals surface area contributed by atoms with Crippen LogP contribution in [0.15, 0.2) is 12.1 Å².